The molecule has 0 atom stereocenters. The lowest BCUT2D eigenvalue weighted by molar-refractivity contribution is 0.291. The van der Waals surface area contributed by atoms with E-state index in [9.17, 15) is 0 Å². The molecule has 0 spiro atoms. The second kappa shape index (κ2) is 5.56. The Bertz CT molecular complexity index is 532. The standard InChI is InChI=1S/C12H17BrN4O/c1-4-10-12(13)11(17(5-2)15-10)8-18-9-6-14-16(3)7-9/h6-7H,4-5,8H2,1-3H3. The summed E-state index contributed by atoms with van der Waals surface area (Å²) in [6, 6.07) is 0. The van der Waals surface area contributed by atoms with E-state index >= 15 is 0 Å². The second-order valence-corrected chi connectivity index (χ2v) is 4.81. The summed E-state index contributed by atoms with van der Waals surface area (Å²) in [5, 5.41) is 8.61. The molecule has 0 saturated carbocycles. The molecule has 0 amide bonds. The van der Waals surface area contributed by atoms with Crippen molar-refractivity contribution in [1.82, 2.24) is 19.6 Å². The van der Waals surface area contributed by atoms with Crippen LogP contribution in [-0.2, 0) is 26.6 Å². The molecule has 0 radical (unpaired) electrons. The van der Waals surface area contributed by atoms with Gasteiger partial charge < -0.3 is 4.74 Å². The van der Waals surface area contributed by atoms with Crippen LogP contribution in [0.2, 0.25) is 0 Å². The molecule has 5 nitrogen and oxygen atoms in total. The van der Waals surface area contributed by atoms with E-state index in [1.54, 1.807) is 10.9 Å². The van der Waals surface area contributed by atoms with Gasteiger partial charge in [0.25, 0.3) is 0 Å². The first kappa shape index (κ1) is 13.1. The number of hydrogen-bond donors (Lipinski definition) is 0. The van der Waals surface area contributed by atoms with Crippen molar-refractivity contribution in [3.8, 4) is 5.75 Å². The van der Waals surface area contributed by atoms with Crippen molar-refractivity contribution in [2.24, 2.45) is 7.05 Å². The Morgan fingerprint density at radius 2 is 2.17 bits per heavy atom. The lowest BCUT2D eigenvalue weighted by Gasteiger charge is -2.06. The van der Waals surface area contributed by atoms with Gasteiger partial charge in [0.1, 0.15) is 6.61 Å². The quantitative estimate of drug-likeness (QED) is 0.852. The van der Waals surface area contributed by atoms with E-state index in [2.05, 4.69) is 40.0 Å². The van der Waals surface area contributed by atoms with Gasteiger partial charge in [-0.2, -0.15) is 10.2 Å². The molecule has 2 rings (SSSR count). The van der Waals surface area contributed by atoms with Crippen LogP contribution in [0.25, 0.3) is 0 Å². The third-order valence-corrected chi connectivity index (χ3v) is 3.67. The zero-order valence-corrected chi connectivity index (χ0v) is 12.4. The number of aryl methyl sites for hydroxylation is 3. The molecule has 0 aliphatic heterocycles. The average Bonchev–Trinajstić information content (AvgIpc) is 2.91. The minimum absolute atomic E-state index is 0.493. The first-order valence-corrected chi connectivity index (χ1v) is 6.80. The van der Waals surface area contributed by atoms with Crippen molar-refractivity contribution in [2.45, 2.75) is 33.4 Å². The first-order valence-electron chi connectivity index (χ1n) is 6.01. The predicted molar refractivity (Wildman–Crippen MR) is 72.5 cm³/mol. The topological polar surface area (TPSA) is 44.9 Å². The molecule has 0 fully saturated rings. The zero-order valence-electron chi connectivity index (χ0n) is 10.9. The Morgan fingerprint density at radius 3 is 2.72 bits per heavy atom. The lowest BCUT2D eigenvalue weighted by Crippen LogP contribution is -2.06. The summed E-state index contributed by atoms with van der Waals surface area (Å²) in [6.07, 6.45) is 4.47. The molecule has 2 aromatic rings. The molecule has 0 N–H and O–H groups in total. The summed E-state index contributed by atoms with van der Waals surface area (Å²) >= 11 is 3.60. The highest BCUT2D eigenvalue weighted by Gasteiger charge is 2.14. The molecule has 6 heteroatoms. The average molecular weight is 313 g/mol. The molecular weight excluding hydrogens is 296 g/mol. The predicted octanol–water partition coefficient (Wildman–Crippen LogP) is 2.54. The minimum atomic E-state index is 0.493. The van der Waals surface area contributed by atoms with Gasteiger partial charge in [0, 0.05) is 13.6 Å². The van der Waals surface area contributed by atoms with Crippen LogP contribution in [-0.4, -0.2) is 19.6 Å². The highest BCUT2D eigenvalue weighted by molar-refractivity contribution is 9.10. The second-order valence-electron chi connectivity index (χ2n) is 4.02. The summed E-state index contributed by atoms with van der Waals surface area (Å²) < 4.78 is 10.5. The molecular formula is C12H17BrN4O. The summed E-state index contributed by atoms with van der Waals surface area (Å²) in [6.45, 7) is 5.50. The monoisotopic (exact) mass is 312 g/mol. The van der Waals surface area contributed by atoms with Gasteiger partial charge in [-0.3, -0.25) is 9.36 Å². The van der Waals surface area contributed by atoms with Crippen LogP contribution < -0.4 is 4.74 Å². The molecule has 0 aromatic carbocycles. The Kier molecular flexibility index (Phi) is 4.06. The molecule has 18 heavy (non-hydrogen) atoms. The Balaban J connectivity index is 2.15. The zero-order chi connectivity index (χ0) is 13.1. The van der Waals surface area contributed by atoms with Crippen molar-refractivity contribution >= 4 is 15.9 Å². The molecule has 0 saturated heterocycles. The SMILES string of the molecule is CCc1nn(CC)c(COc2cnn(C)c2)c1Br. The van der Waals surface area contributed by atoms with Crippen molar-refractivity contribution in [3.63, 3.8) is 0 Å². The molecule has 2 heterocycles. The third-order valence-electron chi connectivity index (χ3n) is 2.75. The number of nitrogens with zero attached hydrogens (tertiary/aromatic N) is 4. The fraction of sp³-hybridized carbons (Fsp3) is 0.500. The summed E-state index contributed by atoms with van der Waals surface area (Å²) in [5.74, 6) is 0.770. The van der Waals surface area contributed by atoms with E-state index in [1.807, 2.05) is 17.9 Å². The highest BCUT2D eigenvalue weighted by atomic mass is 79.9. The Morgan fingerprint density at radius 1 is 1.39 bits per heavy atom. The van der Waals surface area contributed by atoms with Gasteiger partial charge in [-0.15, -0.1) is 0 Å². The maximum atomic E-state index is 5.72. The first-order chi connectivity index (χ1) is 8.65. The molecule has 2 aromatic heterocycles. The molecule has 0 aliphatic rings. The van der Waals surface area contributed by atoms with Crippen molar-refractivity contribution in [2.75, 3.05) is 0 Å². The van der Waals surface area contributed by atoms with Crippen LogP contribution in [0.1, 0.15) is 25.2 Å². The summed E-state index contributed by atoms with van der Waals surface area (Å²) in [4.78, 5) is 0. The number of rotatable bonds is 5. The van der Waals surface area contributed by atoms with E-state index in [0.717, 1.165) is 34.6 Å². The number of aromatic nitrogens is 4. The van der Waals surface area contributed by atoms with E-state index in [1.165, 1.54) is 0 Å². The third kappa shape index (κ3) is 2.58. The van der Waals surface area contributed by atoms with Crippen molar-refractivity contribution < 1.29 is 4.74 Å². The molecule has 0 aliphatic carbocycles. The van der Waals surface area contributed by atoms with Gasteiger partial charge in [-0.25, -0.2) is 0 Å². The van der Waals surface area contributed by atoms with E-state index in [-0.39, 0.29) is 0 Å². The number of halogens is 1. The summed E-state index contributed by atoms with van der Waals surface area (Å²) in [5.41, 5.74) is 2.14. The van der Waals surface area contributed by atoms with Gasteiger partial charge in [-0.1, -0.05) is 6.92 Å². The van der Waals surface area contributed by atoms with Gasteiger partial charge >= 0.3 is 0 Å². The van der Waals surface area contributed by atoms with Gasteiger partial charge in [-0.05, 0) is 29.3 Å². The van der Waals surface area contributed by atoms with Crippen molar-refractivity contribution in [1.29, 1.82) is 0 Å². The summed E-state index contributed by atoms with van der Waals surface area (Å²) in [7, 11) is 1.87. The van der Waals surface area contributed by atoms with Crippen LogP contribution in [0.5, 0.6) is 5.75 Å². The molecule has 0 bridgehead atoms. The maximum absolute atomic E-state index is 5.72. The number of hydrogen-bond acceptors (Lipinski definition) is 3. The van der Waals surface area contributed by atoms with Crippen LogP contribution in [0, 0.1) is 0 Å². The highest BCUT2D eigenvalue weighted by Crippen LogP contribution is 2.23. The van der Waals surface area contributed by atoms with E-state index in [4.69, 9.17) is 4.74 Å². The van der Waals surface area contributed by atoms with Gasteiger partial charge in [0.15, 0.2) is 5.75 Å². The lowest BCUT2D eigenvalue weighted by atomic mass is 10.3. The van der Waals surface area contributed by atoms with Gasteiger partial charge in [0.05, 0.1) is 28.3 Å². The van der Waals surface area contributed by atoms with Crippen LogP contribution >= 0.6 is 15.9 Å². The maximum Gasteiger partial charge on any atom is 0.157 e. The van der Waals surface area contributed by atoms with Gasteiger partial charge in [0.2, 0.25) is 0 Å². The number of ether oxygens (including phenoxy) is 1. The van der Waals surface area contributed by atoms with Crippen molar-refractivity contribution in [3.05, 3.63) is 28.3 Å². The fourth-order valence-corrected chi connectivity index (χ4v) is 2.46. The fourth-order valence-electron chi connectivity index (χ4n) is 1.78. The Labute approximate surface area is 115 Å². The van der Waals surface area contributed by atoms with E-state index in [0.29, 0.717) is 6.61 Å². The molecule has 98 valence electrons. The Hall–Kier alpha value is -1.30. The minimum Gasteiger partial charge on any atom is -0.484 e. The molecule has 0 unspecified atom stereocenters. The van der Waals surface area contributed by atoms with Crippen LogP contribution in [0.4, 0.5) is 0 Å². The van der Waals surface area contributed by atoms with Crippen LogP contribution in [0.3, 0.4) is 0 Å². The smallest absolute Gasteiger partial charge is 0.157 e. The largest absolute Gasteiger partial charge is 0.484 e. The van der Waals surface area contributed by atoms with E-state index < -0.39 is 0 Å². The normalized spacial score (nSPS) is 10.9. The van der Waals surface area contributed by atoms with Crippen LogP contribution in [0.15, 0.2) is 16.9 Å².